The summed E-state index contributed by atoms with van der Waals surface area (Å²) in [7, 11) is 0. The second-order valence-corrected chi connectivity index (χ2v) is 8.15. The van der Waals surface area contributed by atoms with Gasteiger partial charge >= 0.3 is 5.97 Å². The van der Waals surface area contributed by atoms with E-state index in [4.69, 9.17) is 27.9 Å². The molecule has 2 amide bonds. The lowest BCUT2D eigenvalue weighted by Crippen LogP contribution is -2.30. The molecule has 3 aromatic carbocycles. The Kier molecular flexibility index (Phi) is 6.31. The standard InChI is InChI=1S/C25H17Cl2NO5/c1-2-21(22(29)14-7-4-3-5-8-14)33-25(32)15-9-6-10-16(11-15)28-23(30)17-12-19(26)20(27)13-18(17)24(28)31/h3-13,21H,2H2,1H3/t21-/m0/s1. The van der Waals surface area contributed by atoms with Crippen molar-refractivity contribution < 1.29 is 23.9 Å². The highest BCUT2D eigenvalue weighted by Crippen LogP contribution is 2.34. The Morgan fingerprint density at radius 2 is 1.42 bits per heavy atom. The first-order chi connectivity index (χ1) is 15.8. The molecule has 0 bridgehead atoms. The van der Waals surface area contributed by atoms with Gasteiger partial charge in [-0.1, -0.05) is 66.5 Å². The molecule has 3 aromatic rings. The molecule has 1 heterocycles. The van der Waals surface area contributed by atoms with Crippen LogP contribution in [0.25, 0.3) is 0 Å². The molecular weight excluding hydrogens is 465 g/mol. The molecule has 0 saturated heterocycles. The number of carbonyl (C=O) groups excluding carboxylic acids is 4. The van der Waals surface area contributed by atoms with Gasteiger partial charge in [-0.05, 0) is 36.8 Å². The number of ketones is 1. The van der Waals surface area contributed by atoms with Crippen LogP contribution in [0.1, 0.15) is 54.8 Å². The first-order valence-electron chi connectivity index (χ1n) is 10.1. The SMILES string of the molecule is CC[C@H](OC(=O)c1cccc(N2C(=O)c3cc(Cl)c(Cl)cc3C2=O)c1)C(=O)c1ccccc1. The fraction of sp³-hybridized carbons (Fsp3) is 0.120. The van der Waals surface area contributed by atoms with Gasteiger partial charge in [-0.3, -0.25) is 14.4 Å². The van der Waals surface area contributed by atoms with Crippen molar-refractivity contribution in [2.45, 2.75) is 19.4 Å². The van der Waals surface area contributed by atoms with Gasteiger partial charge in [0.05, 0.1) is 32.4 Å². The van der Waals surface area contributed by atoms with Crippen molar-refractivity contribution in [3.8, 4) is 0 Å². The third-order valence-electron chi connectivity index (χ3n) is 5.24. The smallest absolute Gasteiger partial charge is 0.338 e. The Morgan fingerprint density at radius 3 is 2.00 bits per heavy atom. The number of imide groups is 1. The molecule has 4 rings (SSSR count). The minimum Gasteiger partial charge on any atom is -0.450 e. The number of benzene rings is 3. The number of hydrogen-bond donors (Lipinski definition) is 0. The van der Waals surface area contributed by atoms with E-state index in [1.807, 2.05) is 0 Å². The molecule has 0 radical (unpaired) electrons. The van der Waals surface area contributed by atoms with Crippen LogP contribution in [-0.4, -0.2) is 29.7 Å². The summed E-state index contributed by atoms with van der Waals surface area (Å²) in [6, 6.07) is 17.1. The van der Waals surface area contributed by atoms with Crippen LogP contribution in [0.4, 0.5) is 5.69 Å². The van der Waals surface area contributed by atoms with Crippen molar-refractivity contribution in [3.05, 3.63) is 99.0 Å². The van der Waals surface area contributed by atoms with Crippen molar-refractivity contribution in [1.29, 1.82) is 0 Å². The van der Waals surface area contributed by atoms with Crippen LogP contribution in [0, 0.1) is 0 Å². The molecule has 8 heteroatoms. The van der Waals surface area contributed by atoms with E-state index in [1.165, 1.54) is 36.4 Å². The van der Waals surface area contributed by atoms with Crippen LogP contribution in [-0.2, 0) is 4.74 Å². The van der Waals surface area contributed by atoms with Gasteiger partial charge in [0, 0.05) is 5.56 Å². The lowest BCUT2D eigenvalue weighted by atomic mass is 10.0. The largest absolute Gasteiger partial charge is 0.450 e. The molecule has 1 aliphatic heterocycles. The predicted molar refractivity (Wildman–Crippen MR) is 124 cm³/mol. The molecule has 0 spiro atoms. The zero-order valence-corrected chi connectivity index (χ0v) is 18.9. The van der Waals surface area contributed by atoms with Crippen LogP contribution in [0.5, 0.6) is 0 Å². The fourth-order valence-corrected chi connectivity index (χ4v) is 3.88. The van der Waals surface area contributed by atoms with Gasteiger partial charge in [0.2, 0.25) is 5.78 Å². The van der Waals surface area contributed by atoms with E-state index in [0.717, 1.165) is 4.90 Å². The number of halogens is 2. The Hall–Kier alpha value is -3.48. The Balaban J connectivity index is 1.58. The highest BCUT2D eigenvalue weighted by Gasteiger charge is 2.37. The van der Waals surface area contributed by atoms with Crippen LogP contribution < -0.4 is 4.90 Å². The summed E-state index contributed by atoms with van der Waals surface area (Å²) >= 11 is 12.0. The summed E-state index contributed by atoms with van der Waals surface area (Å²) in [5.41, 5.74) is 0.975. The lowest BCUT2D eigenvalue weighted by Gasteiger charge is -2.17. The molecule has 1 aliphatic rings. The highest BCUT2D eigenvalue weighted by molar-refractivity contribution is 6.44. The number of Topliss-reactive ketones (excluding diaryl/α,β-unsaturated/α-hetero) is 1. The fourth-order valence-electron chi connectivity index (χ4n) is 3.55. The van der Waals surface area contributed by atoms with E-state index in [0.29, 0.717) is 12.0 Å². The molecule has 0 N–H and O–H groups in total. The average molecular weight is 482 g/mol. The monoisotopic (exact) mass is 481 g/mol. The number of anilines is 1. The Morgan fingerprint density at radius 1 is 0.848 bits per heavy atom. The van der Waals surface area contributed by atoms with Crippen molar-refractivity contribution in [2.75, 3.05) is 4.90 Å². The van der Waals surface area contributed by atoms with Crippen molar-refractivity contribution in [2.24, 2.45) is 0 Å². The zero-order valence-electron chi connectivity index (χ0n) is 17.4. The number of carbonyl (C=O) groups is 4. The van der Waals surface area contributed by atoms with Gasteiger partial charge in [0.25, 0.3) is 11.8 Å². The maximum absolute atomic E-state index is 12.9. The number of nitrogens with zero attached hydrogens (tertiary/aromatic N) is 1. The number of rotatable bonds is 6. The minimum atomic E-state index is -0.966. The summed E-state index contributed by atoms with van der Waals surface area (Å²) < 4.78 is 5.45. The molecule has 0 aromatic heterocycles. The van der Waals surface area contributed by atoms with Crippen molar-refractivity contribution >= 4 is 52.5 Å². The van der Waals surface area contributed by atoms with E-state index in [1.54, 1.807) is 37.3 Å². The molecule has 1 atom stereocenters. The van der Waals surface area contributed by atoms with Crippen LogP contribution >= 0.6 is 23.2 Å². The van der Waals surface area contributed by atoms with Gasteiger partial charge in [-0.25, -0.2) is 9.69 Å². The quantitative estimate of drug-likeness (QED) is 0.259. The van der Waals surface area contributed by atoms with E-state index >= 15 is 0 Å². The van der Waals surface area contributed by atoms with Gasteiger partial charge < -0.3 is 4.74 Å². The predicted octanol–water partition coefficient (Wildman–Crippen LogP) is 5.61. The lowest BCUT2D eigenvalue weighted by molar-refractivity contribution is 0.0277. The third-order valence-corrected chi connectivity index (χ3v) is 5.96. The van der Waals surface area contributed by atoms with E-state index < -0.39 is 23.9 Å². The molecule has 0 fully saturated rings. The van der Waals surface area contributed by atoms with Gasteiger partial charge in [-0.2, -0.15) is 0 Å². The Bertz CT molecular complexity index is 1250. The number of amides is 2. The van der Waals surface area contributed by atoms with Crippen LogP contribution in [0.15, 0.2) is 66.7 Å². The first kappa shape index (κ1) is 22.7. The van der Waals surface area contributed by atoms with Crippen LogP contribution in [0.2, 0.25) is 10.0 Å². The second-order valence-electron chi connectivity index (χ2n) is 7.34. The molecule has 33 heavy (non-hydrogen) atoms. The summed E-state index contributed by atoms with van der Waals surface area (Å²) in [6.07, 6.45) is -0.675. The van der Waals surface area contributed by atoms with E-state index in [-0.39, 0.29) is 38.2 Å². The van der Waals surface area contributed by atoms with Gasteiger partial charge in [0.15, 0.2) is 6.10 Å². The first-order valence-corrected chi connectivity index (χ1v) is 10.9. The van der Waals surface area contributed by atoms with Crippen molar-refractivity contribution in [1.82, 2.24) is 0 Å². The maximum Gasteiger partial charge on any atom is 0.338 e. The molecular formula is C25H17Cl2NO5. The third kappa shape index (κ3) is 4.27. The van der Waals surface area contributed by atoms with E-state index in [2.05, 4.69) is 0 Å². The Labute approximate surface area is 199 Å². The summed E-state index contributed by atoms with van der Waals surface area (Å²) in [6.45, 7) is 1.74. The topological polar surface area (TPSA) is 80.8 Å². The number of ether oxygens (including phenoxy) is 1. The summed E-state index contributed by atoms with van der Waals surface area (Å²) in [5, 5.41) is 0.314. The summed E-state index contributed by atoms with van der Waals surface area (Å²) in [4.78, 5) is 52.2. The van der Waals surface area contributed by atoms with Crippen molar-refractivity contribution in [3.63, 3.8) is 0 Å². The highest BCUT2D eigenvalue weighted by atomic mass is 35.5. The number of fused-ring (bicyclic) bond motifs is 1. The normalized spacial score (nSPS) is 13.6. The molecule has 0 aliphatic carbocycles. The van der Waals surface area contributed by atoms with Gasteiger partial charge in [0.1, 0.15) is 0 Å². The number of hydrogen-bond acceptors (Lipinski definition) is 5. The molecule has 0 unspecified atom stereocenters. The second kappa shape index (κ2) is 9.17. The molecule has 6 nitrogen and oxygen atoms in total. The number of esters is 1. The molecule has 0 saturated carbocycles. The molecule has 166 valence electrons. The minimum absolute atomic E-state index is 0.0967. The van der Waals surface area contributed by atoms with Crippen LogP contribution in [0.3, 0.4) is 0 Å². The maximum atomic E-state index is 12.9. The average Bonchev–Trinajstić information content (AvgIpc) is 3.06. The summed E-state index contributed by atoms with van der Waals surface area (Å²) in [5.74, 6) is -2.21. The van der Waals surface area contributed by atoms with Gasteiger partial charge in [-0.15, -0.1) is 0 Å². The van der Waals surface area contributed by atoms with E-state index in [9.17, 15) is 19.2 Å². The zero-order chi connectivity index (χ0) is 23.7.